The average Bonchev–Trinajstić information content (AvgIpc) is 3.22. The van der Waals surface area contributed by atoms with Gasteiger partial charge in [-0.05, 0) is 6.92 Å². The van der Waals surface area contributed by atoms with E-state index < -0.39 is 9.84 Å². The number of aryl methyl sites for hydroxylation is 2. The van der Waals surface area contributed by atoms with Crippen molar-refractivity contribution in [2.45, 2.75) is 32.1 Å². The maximum atomic E-state index is 12.3. The molecule has 2 aliphatic rings. The highest BCUT2D eigenvalue weighted by molar-refractivity contribution is 7.91. The average molecular weight is 364 g/mol. The summed E-state index contributed by atoms with van der Waals surface area (Å²) in [5, 5.41) is 0. The first kappa shape index (κ1) is 16.7. The highest BCUT2D eigenvalue weighted by atomic mass is 32.2. The molecule has 0 saturated carbocycles. The molecular formula is C16H24N6O2S. The summed E-state index contributed by atoms with van der Waals surface area (Å²) in [6, 6.07) is 0.0461. The maximum absolute atomic E-state index is 12.3. The van der Waals surface area contributed by atoms with Crippen molar-refractivity contribution in [1.29, 1.82) is 0 Å². The van der Waals surface area contributed by atoms with Crippen molar-refractivity contribution in [3.63, 3.8) is 0 Å². The normalized spacial score (nSPS) is 26.8. The highest BCUT2D eigenvalue weighted by Crippen LogP contribution is 2.29. The summed E-state index contributed by atoms with van der Waals surface area (Å²) in [6.07, 6.45) is 5.41. The van der Waals surface area contributed by atoms with Crippen LogP contribution in [-0.2, 0) is 30.0 Å². The molecule has 0 aliphatic carbocycles. The molecule has 2 fully saturated rings. The van der Waals surface area contributed by atoms with Crippen LogP contribution in [0.4, 0.5) is 0 Å². The monoisotopic (exact) mass is 364 g/mol. The lowest BCUT2D eigenvalue weighted by atomic mass is 10.0. The summed E-state index contributed by atoms with van der Waals surface area (Å²) in [5.74, 6) is 1.44. The number of H-pyrrole nitrogens is 1. The van der Waals surface area contributed by atoms with Crippen LogP contribution in [0.15, 0.2) is 18.7 Å². The van der Waals surface area contributed by atoms with E-state index in [1.165, 1.54) is 0 Å². The van der Waals surface area contributed by atoms with Gasteiger partial charge in [-0.1, -0.05) is 0 Å². The molecule has 2 aromatic rings. The largest absolute Gasteiger partial charge is 0.348 e. The van der Waals surface area contributed by atoms with Crippen LogP contribution in [0.5, 0.6) is 0 Å². The van der Waals surface area contributed by atoms with Gasteiger partial charge in [-0.25, -0.2) is 18.4 Å². The van der Waals surface area contributed by atoms with Gasteiger partial charge in [-0.2, -0.15) is 0 Å². The van der Waals surface area contributed by atoms with E-state index in [1.54, 1.807) is 12.5 Å². The molecule has 2 saturated heterocycles. The van der Waals surface area contributed by atoms with Gasteiger partial charge in [0, 0.05) is 56.9 Å². The summed E-state index contributed by atoms with van der Waals surface area (Å²) in [7, 11) is -1.04. The van der Waals surface area contributed by atoms with Gasteiger partial charge in [0.25, 0.3) is 0 Å². The zero-order chi connectivity index (χ0) is 17.6. The Morgan fingerprint density at radius 3 is 2.40 bits per heavy atom. The molecule has 8 nitrogen and oxygen atoms in total. The first-order chi connectivity index (χ1) is 11.9. The summed E-state index contributed by atoms with van der Waals surface area (Å²) in [4.78, 5) is 16.4. The van der Waals surface area contributed by atoms with Gasteiger partial charge < -0.3 is 9.55 Å². The predicted octanol–water partition coefficient (Wildman–Crippen LogP) is -0.0650. The zero-order valence-electron chi connectivity index (χ0n) is 14.6. The van der Waals surface area contributed by atoms with Crippen LogP contribution in [0.25, 0.3) is 0 Å². The second-order valence-electron chi connectivity index (χ2n) is 7.08. The van der Waals surface area contributed by atoms with E-state index in [4.69, 9.17) is 0 Å². The van der Waals surface area contributed by atoms with Gasteiger partial charge in [0.15, 0.2) is 9.84 Å². The lowest BCUT2D eigenvalue weighted by molar-refractivity contribution is 0.0328. The van der Waals surface area contributed by atoms with Crippen molar-refractivity contribution in [2.75, 3.05) is 24.6 Å². The number of piperazine rings is 1. The molecule has 1 N–H and O–H groups in total. The van der Waals surface area contributed by atoms with E-state index in [1.807, 2.05) is 24.7 Å². The lowest BCUT2D eigenvalue weighted by Crippen LogP contribution is -2.58. The number of imidazole rings is 2. The molecule has 2 aliphatic heterocycles. The number of nitrogens with zero attached hydrogens (tertiary/aromatic N) is 5. The van der Waals surface area contributed by atoms with Gasteiger partial charge >= 0.3 is 0 Å². The molecule has 9 heteroatoms. The SMILES string of the molecule is Cc1[nH]cnc1CN1CCN(Cc2nccn2C)[C@H]2CS(=O)(=O)C[C@H]21. The van der Waals surface area contributed by atoms with Crippen LogP contribution in [-0.4, -0.2) is 74.4 Å². The minimum absolute atomic E-state index is 0.0229. The molecule has 0 spiro atoms. The lowest BCUT2D eigenvalue weighted by Gasteiger charge is -2.43. The summed E-state index contributed by atoms with van der Waals surface area (Å²) < 4.78 is 26.7. The number of aromatic amines is 1. The van der Waals surface area contributed by atoms with Crippen LogP contribution in [0, 0.1) is 6.92 Å². The van der Waals surface area contributed by atoms with E-state index in [-0.39, 0.29) is 23.6 Å². The van der Waals surface area contributed by atoms with Crippen molar-refractivity contribution in [3.8, 4) is 0 Å². The molecule has 0 bridgehead atoms. The van der Waals surface area contributed by atoms with E-state index in [2.05, 4.69) is 24.8 Å². The Labute approximate surface area is 147 Å². The Morgan fingerprint density at radius 1 is 1.16 bits per heavy atom. The maximum Gasteiger partial charge on any atom is 0.153 e. The molecule has 2 aromatic heterocycles. The quantitative estimate of drug-likeness (QED) is 0.818. The third-order valence-electron chi connectivity index (χ3n) is 5.46. The Kier molecular flexibility index (Phi) is 4.17. The Balaban J connectivity index is 1.55. The molecule has 4 heterocycles. The second-order valence-corrected chi connectivity index (χ2v) is 9.23. The second kappa shape index (κ2) is 6.22. The number of sulfone groups is 1. The fourth-order valence-electron chi connectivity index (χ4n) is 3.96. The first-order valence-corrected chi connectivity index (χ1v) is 10.4. The van der Waals surface area contributed by atoms with Crippen molar-refractivity contribution in [1.82, 2.24) is 29.3 Å². The molecule has 0 unspecified atom stereocenters. The molecule has 136 valence electrons. The molecule has 0 amide bonds. The predicted molar refractivity (Wildman–Crippen MR) is 93.6 cm³/mol. The minimum Gasteiger partial charge on any atom is -0.348 e. The minimum atomic E-state index is -3.01. The van der Waals surface area contributed by atoms with E-state index >= 15 is 0 Å². The third-order valence-corrected chi connectivity index (χ3v) is 7.16. The van der Waals surface area contributed by atoms with Crippen molar-refractivity contribution >= 4 is 9.84 Å². The summed E-state index contributed by atoms with van der Waals surface area (Å²) in [5.41, 5.74) is 2.05. The van der Waals surface area contributed by atoms with Crippen LogP contribution in [0.3, 0.4) is 0 Å². The third kappa shape index (κ3) is 3.23. The van der Waals surface area contributed by atoms with Gasteiger partial charge in [-0.3, -0.25) is 9.80 Å². The molecular weight excluding hydrogens is 340 g/mol. The van der Waals surface area contributed by atoms with Gasteiger partial charge in [0.05, 0.1) is 30.1 Å². The number of aromatic nitrogens is 4. The number of hydrogen-bond acceptors (Lipinski definition) is 6. The van der Waals surface area contributed by atoms with E-state index in [0.29, 0.717) is 13.1 Å². The van der Waals surface area contributed by atoms with E-state index in [0.717, 1.165) is 30.3 Å². The molecule has 0 aromatic carbocycles. The van der Waals surface area contributed by atoms with E-state index in [9.17, 15) is 8.42 Å². The Morgan fingerprint density at radius 2 is 1.84 bits per heavy atom. The van der Waals surface area contributed by atoms with Crippen molar-refractivity contribution in [2.24, 2.45) is 7.05 Å². The molecule has 4 rings (SSSR count). The number of rotatable bonds is 4. The van der Waals surface area contributed by atoms with Crippen molar-refractivity contribution < 1.29 is 8.42 Å². The van der Waals surface area contributed by atoms with Gasteiger partial charge in [0.2, 0.25) is 0 Å². The fraction of sp³-hybridized carbons (Fsp3) is 0.625. The summed E-state index contributed by atoms with van der Waals surface area (Å²) in [6.45, 7) is 5.07. The Bertz CT molecular complexity index is 793. The zero-order valence-corrected chi connectivity index (χ0v) is 15.4. The summed E-state index contributed by atoms with van der Waals surface area (Å²) >= 11 is 0. The smallest absolute Gasteiger partial charge is 0.153 e. The van der Waals surface area contributed by atoms with Crippen LogP contribution in [0.2, 0.25) is 0 Å². The Hall–Kier alpha value is -1.71. The topological polar surface area (TPSA) is 87.1 Å². The number of nitrogens with one attached hydrogen (secondary N) is 1. The van der Waals surface area contributed by atoms with Crippen LogP contribution >= 0.6 is 0 Å². The fourth-order valence-corrected chi connectivity index (χ4v) is 6.00. The van der Waals surface area contributed by atoms with Crippen molar-refractivity contribution in [3.05, 3.63) is 35.9 Å². The number of fused-ring (bicyclic) bond motifs is 1. The molecule has 2 atom stereocenters. The first-order valence-electron chi connectivity index (χ1n) is 8.56. The molecule has 25 heavy (non-hydrogen) atoms. The van der Waals surface area contributed by atoms with Gasteiger partial charge in [-0.15, -0.1) is 0 Å². The van der Waals surface area contributed by atoms with Crippen LogP contribution < -0.4 is 0 Å². The number of hydrogen-bond donors (Lipinski definition) is 1. The molecule has 0 radical (unpaired) electrons. The highest BCUT2D eigenvalue weighted by Gasteiger charge is 2.46. The standard InChI is InChI=1S/C16H24N6O2S/c1-12-13(19-11-18-12)7-21-5-6-22(8-16-17-3-4-20(16)2)15-10-25(23,24)9-14(15)21/h3-4,11,14-15H,5-10H2,1-2H3,(H,18,19)/t14-,15+/m1/s1. The van der Waals surface area contributed by atoms with Crippen LogP contribution in [0.1, 0.15) is 17.2 Å². The van der Waals surface area contributed by atoms with Gasteiger partial charge in [0.1, 0.15) is 5.82 Å².